The monoisotopic (exact) mass is 356 g/mol. The summed E-state index contributed by atoms with van der Waals surface area (Å²) < 4.78 is 14.1. The SMILES string of the molecule is C=C(/C=C\C(=C)C(=C)/C(F)=C\C(=C)CC)CCC1CCC(CCC)CC1. The molecule has 1 aliphatic carbocycles. The molecule has 144 valence electrons. The molecule has 0 aliphatic heterocycles. The molecule has 0 amide bonds. The van der Waals surface area contributed by atoms with E-state index in [9.17, 15) is 4.39 Å². The van der Waals surface area contributed by atoms with Crippen molar-refractivity contribution >= 4 is 0 Å². The molecular weight excluding hydrogens is 319 g/mol. The third-order valence-electron chi connectivity index (χ3n) is 5.52. The number of halogens is 1. The molecule has 0 aromatic rings. The summed E-state index contributed by atoms with van der Waals surface area (Å²) >= 11 is 0. The van der Waals surface area contributed by atoms with E-state index in [1.807, 2.05) is 19.1 Å². The van der Waals surface area contributed by atoms with E-state index < -0.39 is 0 Å². The summed E-state index contributed by atoms with van der Waals surface area (Å²) in [5.41, 5.74) is 2.73. The highest BCUT2D eigenvalue weighted by Crippen LogP contribution is 2.34. The maximum absolute atomic E-state index is 14.1. The summed E-state index contributed by atoms with van der Waals surface area (Å²) in [6, 6.07) is 0. The Kier molecular flexibility index (Phi) is 10.2. The van der Waals surface area contributed by atoms with Gasteiger partial charge in [0, 0.05) is 5.57 Å². The maximum atomic E-state index is 14.1. The van der Waals surface area contributed by atoms with Crippen LogP contribution in [0.1, 0.15) is 71.6 Å². The predicted molar refractivity (Wildman–Crippen MR) is 115 cm³/mol. The quantitative estimate of drug-likeness (QED) is 0.326. The van der Waals surface area contributed by atoms with Gasteiger partial charge >= 0.3 is 0 Å². The normalized spacial score (nSPS) is 21.0. The molecule has 1 rings (SSSR count). The van der Waals surface area contributed by atoms with Crippen molar-refractivity contribution in [2.75, 3.05) is 0 Å². The lowest BCUT2D eigenvalue weighted by Gasteiger charge is -2.28. The van der Waals surface area contributed by atoms with Crippen LogP contribution in [-0.4, -0.2) is 0 Å². The Morgan fingerprint density at radius 1 is 0.885 bits per heavy atom. The van der Waals surface area contributed by atoms with Gasteiger partial charge in [-0.05, 0) is 42.7 Å². The van der Waals surface area contributed by atoms with E-state index in [-0.39, 0.29) is 5.83 Å². The smallest absolute Gasteiger partial charge is 0.130 e. The van der Waals surface area contributed by atoms with E-state index in [4.69, 9.17) is 0 Å². The van der Waals surface area contributed by atoms with Gasteiger partial charge in [-0.1, -0.05) is 102 Å². The van der Waals surface area contributed by atoms with Crippen molar-refractivity contribution in [3.05, 3.63) is 72.7 Å². The standard InChI is InChI=1S/C25H37F/c1-7-9-23-14-16-24(17-15-23)13-11-20(4)10-12-21(5)22(6)25(26)18-19(3)8-2/h10,12,18,23-24H,3-9,11,13-17H2,1-2H3/b12-10-,25-18+. The van der Waals surface area contributed by atoms with Crippen molar-refractivity contribution in [2.24, 2.45) is 11.8 Å². The molecule has 0 atom stereocenters. The summed E-state index contributed by atoms with van der Waals surface area (Å²) in [5, 5.41) is 0. The molecule has 0 saturated heterocycles. The van der Waals surface area contributed by atoms with Gasteiger partial charge in [-0.25, -0.2) is 4.39 Å². The van der Waals surface area contributed by atoms with Crippen LogP contribution in [0.3, 0.4) is 0 Å². The van der Waals surface area contributed by atoms with Crippen LogP contribution in [0.15, 0.2) is 72.7 Å². The molecule has 26 heavy (non-hydrogen) atoms. The van der Waals surface area contributed by atoms with Crippen molar-refractivity contribution in [3.8, 4) is 0 Å². The molecule has 0 bridgehead atoms. The maximum Gasteiger partial charge on any atom is 0.130 e. The van der Waals surface area contributed by atoms with Gasteiger partial charge in [0.15, 0.2) is 0 Å². The summed E-state index contributed by atoms with van der Waals surface area (Å²) in [7, 11) is 0. The van der Waals surface area contributed by atoms with Gasteiger partial charge in [0.1, 0.15) is 5.83 Å². The number of allylic oxidation sites excluding steroid dienone is 8. The fourth-order valence-corrected chi connectivity index (χ4v) is 3.53. The van der Waals surface area contributed by atoms with Crippen molar-refractivity contribution in [1.29, 1.82) is 0 Å². The van der Waals surface area contributed by atoms with Gasteiger partial charge in [0.05, 0.1) is 0 Å². The van der Waals surface area contributed by atoms with Crippen LogP contribution in [0.5, 0.6) is 0 Å². The first-order valence-electron chi connectivity index (χ1n) is 10.2. The van der Waals surface area contributed by atoms with Crippen molar-refractivity contribution in [3.63, 3.8) is 0 Å². The highest BCUT2D eigenvalue weighted by atomic mass is 19.1. The van der Waals surface area contributed by atoms with E-state index in [0.717, 1.165) is 35.8 Å². The number of rotatable bonds is 11. The summed E-state index contributed by atoms with van der Waals surface area (Å²) in [6.07, 6.45) is 16.4. The molecule has 0 spiro atoms. The Bertz CT molecular complexity index is 565. The highest BCUT2D eigenvalue weighted by molar-refractivity contribution is 5.48. The molecular formula is C25H37F. The molecule has 0 unspecified atom stereocenters. The van der Waals surface area contributed by atoms with Gasteiger partial charge in [0.2, 0.25) is 0 Å². The molecule has 1 heteroatoms. The zero-order chi connectivity index (χ0) is 19.5. The van der Waals surface area contributed by atoms with E-state index in [2.05, 4.69) is 33.2 Å². The van der Waals surface area contributed by atoms with E-state index in [1.54, 1.807) is 0 Å². The Balaban J connectivity index is 2.38. The van der Waals surface area contributed by atoms with Crippen LogP contribution >= 0.6 is 0 Å². The lowest BCUT2D eigenvalue weighted by Crippen LogP contribution is -2.14. The molecule has 1 fully saturated rings. The highest BCUT2D eigenvalue weighted by Gasteiger charge is 2.20. The van der Waals surface area contributed by atoms with Crippen molar-refractivity contribution < 1.29 is 4.39 Å². The second kappa shape index (κ2) is 11.9. The molecule has 0 nitrogen and oxygen atoms in total. The lowest BCUT2D eigenvalue weighted by molar-refractivity contribution is 0.252. The Morgan fingerprint density at radius 2 is 1.46 bits per heavy atom. The van der Waals surface area contributed by atoms with E-state index in [0.29, 0.717) is 11.1 Å². The van der Waals surface area contributed by atoms with Crippen molar-refractivity contribution in [1.82, 2.24) is 0 Å². The zero-order valence-electron chi connectivity index (χ0n) is 17.0. The first kappa shape index (κ1) is 22.4. The first-order chi connectivity index (χ1) is 12.4. The predicted octanol–water partition coefficient (Wildman–Crippen LogP) is 8.42. The first-order valence-corrected chi connectivity index (χ1v) is 10.2. The molecule has 0 N–H and O–H groups in total. The van der Waals surface area contributed by atoms with Crippen LogP contribution in [0.4, 0.5) is 4.39 Å². The molecule has 0 aromatic heterocycles. The third kappa shape index (κ3) is 8.17. The average Bonchev–Trinajstić information content (AvgIpc) is 2.64. The fourth-order valence-electron chi connectivity index (χ4n) is 3.53. The molecule has 1 aliphatic rings. The topological polar surface area (TPSA) is 0 Å². The van der Waals surface area contributed by atoms with Gasteiger partial charge in [-0.15, -0.1) is 0 Å². The lowest BCUT2D eigenvalue weighted by atomic mass is 9.78. The zero-order valence-corrected chi connectivity index (χ0v) is 17.0. The summed E-state index contributed by atoms with van der Waals surface area (Å²) in [5.74, 6) is 1.44. The Hall–Kier alpha value is -1.63. The second-order valence-electron chi connectivity index (χ2n) is 7.71. The molecule has 0 heterocycles. The largest absolute Gasteiger partial charge is 0.206 e. The Morgan fingerprint density at radius 3 is 2.00 bits per heavy atom. The van der Waals surface area contributed by atoms with Crippen LogP contribution in [0.2, 0.25) is 0 Å². The van der Waals surface area contributed by atoms with E-state index >= 15 is 0 Å². The molecule has 1 saturated carbocycles. The van der Waals surface area contributed by atoms with Crippen LogP contribution in [-0.2, 0) is 0 Å². The summed E-state index contributed by atoms with van der Waals surface area (Å²) in [4.78, 5) is 0. The third-order valence-corrected chi connectivity index (χ3v) is 5.52. The van der Waals surface area contributed by atoms with Gasteiger partial charge in [-0.2, -0.15) is 0 Å². The number of hydrogen-bond donors (Lipinski definition) is 0. The minimum Gasteiger partial charge on any atom is -0.206 e. The number of hydrogen-bond acceptors (Lipinski definition) is 0. The van der Waals surface area contributed by atoms with Crippen LogP contribution in [0.25, 0.3) is 0 Å². The van der Waals surface area contributed by atoms with Gasteiger partial charge < -0.3 is 0 Å². The average molecular weight is 357 g/mol. The minimum absolute atomic E-state index is 0.317. The van der Waals surface area contributed by atoms with Crippen molar-refractivity contribution in [2.45, 2.75) is 71.6 Å². The Labute approximate surface area is 161 Å². The van der Waals surface area contributed by atoms with E-state index in [1.165, 1.54) is 51.0 Å². The summed E-state index contributed by atoms with van der Waals surface area (Å²) in [6.45, 7) is 19.9. The fraction of sp³-hybridized carbons (Fsp3) is 0.520. The van der Waals surface area contributed by atoms with Crippen LogP contribution in [0, 0.1) is 11.8 Å². The minimum atomic E-state index is -0.360. The van der Waals surface area contributed by atoms with Gasteiger partial charge in [0.25, 0.3) is 0 Å². The molecule has 0 aromatic carbocycles. The second-order valence-corrected chi connectivity index (χ2v) is 7.71. The van der Waals surface area contributed by atoms with Crippen LogP contribution < -0.4 is 0 Å². The van der Waals surface area contributed by atoms with Gasteiger partial charge in [-0.3, -0.25) is 0 Å². The molecule has 0 radical (unpaired) electrons.